The van der Waals surface area contributed by atoms with Crippen molar-refractivity contribution in [3.05, 3.63) is 107 Å². The highest BCUT2D eigenvalue weighted by Crippen LogP contribution is 2.44. The molecule has 6 nitrogen and oxygen atoms in total. The number of nitrogens with zero attached hydrogens (tertiary/aromatic N) is 2. The summed E-state index contributed by atoms with van der Waals surface area (Å²) in [4.78, 5) is 32.8. The van der Waals surface area contributed by atoms with Crippen LogP contribution in [0, 0.1) is 6.92 Å². The van der Waals surface area contributed by atoms with Gasteiger partial charge < -0.3 is 9.84 Å². The number of ether oxygens (including phenoxy) is 1. The van der Waals surface area contributed by atoms with E-state index in [9.17, 15) is 14.7 Å². The van der Waals surface area contributed by atoms with Crippen molar-refractivity contribution in [3.8, 4) is 5.75 Å². The maximum absolute atomic E-state index is 13.4. The number of carbonyl (C=O) groups excluding carboxylic acids is 2. The zero-order chi connectivity index (χ0) is 24.5. The molecule has 1 aliphatic heterocycles. The lowest BCUT2D eigenvalue weighted by Crippen LogP contribution is -2.30. The topological polar surface area (TPSA) is 79.7 Å². The Kier molecular flexibility index (Phi) is 5.93. The molecule has 3 aromatic carbocycles. The van der Waals surface area contributed by atoms with Gasteiger partial charge in [0.2, 0.25) is 0 Å². The minimum atomic E-state index is -0.854. The van der Waals surface area contributed by atoms with Crippen molar-refractivity contribution in [1.82, 2.24) is 4.98 Å². The number of amides is 1. The lowest BCUT2D eigenvalue weighted by molar-refractivity contribution is -0.117. The molecule has 0 saturated heterocycles. The number of fused-ring (bicyclic) bond motifs is 1. The van der Waals surface area contributed by atoms with Gasteiger partial charge in [-0.25, -0.2) is 4.98 Å². The van der Waals surface area contributed by atoms with Crippen molar-refractivity contribution in [2.75, 3.05) is 12.0 Å². The first kappa shape index (κ1) is 22.6. The molecule has 174 valence electrons. The average molecular weight is 483 g/mol. The number of thiazole rings is 1. The van der Waals surface area contributed by atoms with Gasteiger partial charge in [0.1, 0.15) is 5.75 Å². The predicted octanol–water partition coefficient (Wildman–Crippen LogP) is 5.80. The number of aliphatic hydroxyl groups is 1. The molecule has 1 atom stereocenters. The molecule has 1 N–H and O–H groups in total. The van der Waals surface area contributed by atoms with Gasteiger partial charge in [0, 0.05) is 0 Å². The first-order valence-corrected chi connectivity index (χ1v) is 11.8. The predicted molar refractivity (Wildman–Crippen MR) is 138 cm³/mol. The molecule has 7 heteroatoms. The summed E-state index contributed by atoms with van der Waals surface area (Å²) in [5.41, 5.74) is 3.30. The monoisotopic (exact) mass is 482 g/mol. The molecule has 0 aliphatic carbocycles. The van der Waals surface area contributed by atoms with E-state index in [1.165, 1.54) is 22.3 Å². The van der Waals surface area contributed by atoms with Gasteiger partial charge in [0.05, 0.1) is 28.9 Å². The van der Waals surface area contributed by atoms with Gasteiger partial charge in [-0.05, 0) is 54.0 Å². The number of allylic oxidation sites excluding steroid dienone is 1. The molecule has 0 bridgehead atoms. The van der Waals surface area contributed by atoms with Gasteiger partial charge in [-0.3, -0.25) is 14.5 Å². The molecule has 1 amide bonds. The molecule has 0 spiro atoms. The summed E-state index contributed by atoms with van der Waals surface area (Å²) < 4.78 is 6.29. The normalized spacial score (nSPS) is 16.0. The summed E-state index contributed by atoms with van der Waals surface area (Å²) in [5.74, 6) is -1.11. The van der Waals surface area contributed by atoms with Crippen LogP contribution in [0.5, 0.6) is 5.75 Å². The summed E-state index contributed by atoms with van der Waals surface area (Å²) in [6.45, 7) is 1.99. The van der Waals surface area contributed by atoms with E-state index in [4.69, 9.17) is 4.74 Å². The van der Waals surface area contributed by atoms with Crippen LogP contribution < -0.4 is 9.64 Å². The highest BCUT2D eigenvalue weighted by molar-refractivity contribution is 7.22. The molecule has 2 heterocycles. The number of aromatic nitrogens is 1. The van der Waals surface area contributed by atoms with E-state index in [2.05, 4.69) is 4.98 Å². The Bertz CT molecular complexity index is 1500. The standard InChI is InChI=1S/C28H22N2O4S/c1-17-11-13-21-23(15-17)35-28(29-21)30-25(19-9-6-10-20(16-19)34-2)24(26(32)27(30)33)22(31)14-12-18-7-4-3-5-8-18/h3-16,25,32H,1-2H3/b14-12+. The molecule has 35 heavy (non-hydrogen) atoms. The van der Waals surface area contributed by atoms with E-state index >= 15 is 0 Å². The van der Waals surface area contributed by atoms with Crippen LogP contribution in [0.25, 0.3) is 16.3 Å². The Labute approximate surface area is 206 Å². The number of rotatable bonds is 6. The minimum absolute atomic E-state index is 0.00544. The Morgan fingerprint density at radius 1 is 1.09 bits per heavy atom. The van der Waals surface area contributed by atoms with Crippen molar-refractivity contribution in [1.29, 1.82) is 0 Å². The number of anilines is 1. The Morgan fingerprint density at radius 3 is 2.66 bits per heavy atom. The number of methoxy groups -OCH3 is 1. The van der Waals surface area contributed by atoms with Crippen molar-refractivity contribution in [2.45, 2.75) is 13.0 Å². The largest absolute Gasteiger partial charge is 0.503 e. The van der Waals surface area contributed by atoms with Crippen molar-refractivity contribution in [2.24, 2.45) is 0 Å². The number of ketones is 1. The molecule has 4 aromatic rings. The van der Waals surface area contributed by atoms with Gasteiger partial charge in [0.25, 0.3) is 5.91 Å². The van der Waals surface area contributed by atoms with Crippen LogP contribution >= 0.6 is 11.3 Å². The van der Waals surface area contributed by atoms with Crippen molar-refractivity contribution in [3.63, 3.8) is 0 Å². The lowest BCUT2D eigenvalue weighted by atomic mass is 9.95. The first-order valence-electron chi connectivity index (χ1n) is 11.0. The van der Waals surface area contributed by atoms with E-state index in [1.807, 2.05) is 55.5 Å². The lowest BCUT2D eigenvalue weighted by Gasteiger charge is -2.24. The fraction of sp³-hybridized carbons (Fsp3) is 0.107. The number of aryl methyl sites for hydroxylation is 1. The Balaban J connectivity index is 1.62. The summed E-state index contributed by atoms with van der Waals surface area (Å²) >= 11 is 1.34. The minimum Gasteiger partial charge on any atom is -0.503 e. The van der Waals surface area contributed by atoms with Gasteiger partial charge in [-0.15, -0.1) is 0 Å². The SMILES string of the molecule is COc1cccc(C2C(C(=O)/C=C/c3ccccc3)=C(O)C(=O)N2c2nc3ccc(C)cc3s2)c1. The number of benzene rings is 3. The zero-order valence-electron chi connectivity index (χ0n) is 19.1. The molecule has 0 fully saturated rings. The Hall–Kier alpha value is -4.23. The maximum atomic E-state index is 13.4. The molecule has 5 rings (SSSR count). The number of hydrogen-bond acceptors (Lipinski definition) is 6. The number of aliphatic hydroxyl groups excluding tert-OH is 1. The fourth-order valence-electron chi connectivity index (χ4n) is 4.13. The molecule has 0 saturated carbocycles. The van der Waals surface area contributed by atoms with Gasteiger partial charge >= 0.3 is 0 Å². The van der Waals surface area contributed by atoms with E-state index in [-0.39, 0.29) is 5.57 Å². The van der Waals surface area contributed by atoms with Crippen LogP contribution in [0.15, 0.2) is 90.2 Å². The number of hydrogen-bond donors (Lipinski definition) is 1. The molecule has 1 aliphatic rings. The third-order valence-electron chi connectivity index (χ3n) is 5.85. The quantitative estimate of drug-likeness (QED) is 0.352. The summed E-state index contributed by atoms with van der Waals surface area (Å²) in [6.07, 6.45) is 3.05. The van der Waals surface area contributed by atoms with Crippen LogP contribution in [0.3, 0.4) is 0 Å². The fourth-order valence-corrected chi connectivity index (χ4v) is 5.22. The average Bonchev–Trinajstić information content (AvgIpc) is 3.41. The highest BCUT2D eigenvalue weighted by Gasteiger charge is 2.45. The smallest absolute Gasteiger partial charge is 0.296 e. The first-order chi connectivity index (χ1) is 17.0. The van der Waals surface area contributed by atoms with Gasteiger partial charge in [-0.2, -0.15) is 0 Å². The number of carbonyl (C=O) groups is 2. The molecule has 1 unspecified atom stereocenters. The summed E-state index contributed by atoms with van der Waals surface area (Å²) in [5, 5.41) is 11.3. The van der Waals surface area contributed by atoms with Crippen LogP contribution in [0.4, 0.5) is 5.13 Å². The van der Waals surface area contributed by atoms with Crippen molar-refractivity contribution >= 4 is 44.5 Å². The van der Waals surface area contributed by atoms with Crippen LogP contribution in [0.1, 0.15) is 22.7 Å². The Morgan fingerprint density at radius 2 is 1.89 bits per heavy atom. The summed E-state index contributed by atoms with van der Waals surface area (Å²) in [6, 6.07) is 21.5. The third kappa shape index (κ3) is 4.22. The molecule has 0 radical (unpaired) electrons. The second kappa shape index (κ2) is 9.19. The molecular weight excluding hydrogens is 460 g/mol. The van der Waals surface area contributed by atoms with E-state index in [0.29, 0.717) is 16.4 Å². The van der Waals surface area contributed by atoms with E-state index < -0.39 is 23.5 Å². The third-order valence-corrected chi connectivity index (χ3v) is 6.87. The van der Waals surface area contributed by atoms with Crippen LogP contribution in [0.2, 0.25) is 0 Å². The maximum Gasteiger partial charge on any atom is 0.296 e. The zero-order valence-corrected chi connectivity index (χ0v) is 20.0. The van der Waals surface area contributed by atoms with Crippen molar-refractivity contribution < 1.29 is 19.4 Å². The second-order valence-corrected chi connectivity index (χ2v) is 9.20. The van der Waals surface area contributed by atoms with E-state index in [1.54, 1.807) is 37.5 Å². The van der Waals surface area contributed by atoms with E-state index in [0.717, 1.165) is 21.3 Å². The molecular formula is C28H22N2O4S. The van der Waals surface area contributed by atoms with Crippen LogP contribution in [-0.2, 0) is 9.59 Å². The second-order valence-electron chi connectivity index (χ2n) is 8.19. The van der Waals surface area contributed by atoms with Gasteiger partial charge in [0.15, 0.2) is 16.7 Å². The van der Waals surface area contributed by atoms with Gasteiger partial charge in [-0.1, -0.05) is 65.9 Å². The summed E-state index contributed by atoms with van der Waals surface area (Å²) in [7, 11) is 1.55. The molecule has 1 aromatic heterocycles. The van der Waals surface area contributed by atoms with Crippen LogP contribution in [-0.4, -0.2) is 28.9 Å². The highest BCUT2D eigenvalue weighted by atomic mass is 32.1.